The number of esters is 1. The molecule has 0 aromatic carbocycles. The summed E-state index contributed by atoms with van der Waals surface area (Å²) < 4.78 is 4.60. The SMILES string of the molecule is COC(=O)C1C=CC(C(N)O)CC1. The number of hydrogen-bond acceptors (Lipinski definition) is 4. The zero-order chi connectivity index (χ0) is 9.84. The molecule has 0 fully saturated rings. The molecule has 3 atom stereocenters. The lowest BCUT2D eigenvalue weighted by Crippen LogP contribution is -2.31. The zero-order valence-corrected chi connectivity index (χ0v) is 7.64. The van der Waals surface area contributed by atoms with Crippen LogP contribution in [0.2, 0.25) is 0 Å². The van der Waals surface area contributed by atoms with Crippen molar-refractivity contribution in [2.75, 3.05) is 7.11 Å². The van der Waals surface area contributed by atoms with E-state index in [2.05, 4.69) is 4.74 Å². The summed E-state index contributed by atoms with van der Waals surface area (Å²) in [5.74, 6) is -0.415. The van der Waals surface area contributed by atoms with Crippen LogP contribution < -0.4 is 5.73 Å². The van der Waals surface area contributed by atoms with Gasteiger partial charge in [0.1, 0.15) is 6.23 Å². The zero-order valence-electron chi connectivity index (χ0n) is 7.64. The third-order valence-electron chi connectivity index (χ3n) is 2.34. The summed E-state index contributed by atoms with van der Waals surface area (Å²) in [7, 11) is 1.38. The van der Waals surface area contributed by atoms with Crippen molar-refractivity contribution in [1.82, 2.24) is 0 Å². The van der Waals surface area contributed by atoms with Crippen molar-refractivity contribution in [2.24, 2.45) is 17.6 Å². The smallest absolute Gasteiger partial charge is 0.312 e. The molecule has 0 amide bonds. The van der Waals surface area contributed by atoms with Crippen LogP contribution in [0.5, 0.6) is 0 Å². The molecular formula is C9H15NO3. The number of nitrogens with two attached hydrogens (primary N) is 1. The Morgan fingerprint density at radius 3 is 2.69 bits per heavy atom. The number of aliphatic hydroxyl groups excluding tert-OH is 1. The first-order chi connectivity index (χ1) is 6.15. The maximum atomic E-state index is 11.1. The van der Waals surface area contributed by atoms with Crippen LogP contribution in [-0.4, -0.2) is 24.4 Å². The number of aliphatic hydroxyl groups is 1. The van der Waals surface area contributed by atoms with Crippen LogP contribution in [-0.2, 0) is 9.53 Å². The summed E-state index contributed by atoms with van der Waals surface area (Å²) in [4.78, 5) is 11.1. The van der Waals surface area contributed by atoms with E-state index in [1.165, 1.54) is 7.11 Å². The highest BCUT2D eigenvalue weighted by atomic mass is 16.5. The molecule has 4 nitrogen and oxygen atoms in total. The Morgan fingerprint density at radius 1 is 1.62 bits per heavy atom. The first-order valence-corrected chi connectivity index (χ1v) is 4.35. The van der Waals surface area contributed by atoms with Crippen molar-refractivity contribution in [2.45, 2.75) is 19.1 Å². The standard InChI is InChI=1S/C9H15NO3/c1-13-9(12)7-4-2-6(3-5-7)8(10)11/h2,4,6-8,11H,3,5,10H2,1H3. The molecule has 0 saturated heterocycles. The van der Waals surface area contributed by atoms with Crippen LogP contribution in [0, 0.1) is 11.8 Å². The lowest BCUT2D eigenvalue weighted by molar-refractivity contribution is -0.144. The van der Waals surface area contributed by atoms with Crippen LogP contribution in [0.25, 0.3) is 0 Å². The molecule has 3 N–H and O–H groups in total. The first kappa shape index (κ1) is 10.2. The van der Waals surface area contributed by atoms with E-state index >= 15 is 0 Å². The van der Waals surface area contributed by atoms with Gasteiger partial charge in [-0.1, -0.05) is 12.2 Å². The van der Waals surface area contributed by atoms with Crippen molar-refractivity contribution in [3.8, 4) is 0 Å². The quantitative estimate of drug-likeness (QED) is 0.361. The second kappa shape index (κ2) is 4.39. The van der Waals surface area contributed by atoms with Gasteiger partial charge in [-0.2, -0.15) is 0 Å². The van der Waals surface area contributed by atoms with Crippen molar-refractivity contribution in [1.29, 1.82) is 0 Å². The fourth-order valence-corrected chi connectivity index (χ4v) is 1.47. The molecule has 3 unspecified atom stereocenters. The normalized spacial score (nSPS) is 29.8. The number of carbonyl (C=O) groups excluding carboxylic acids is 1. The molecule has 1 rings (SSSR count). The van der Waals surface area contributed by atoms with Crippen molar-refractivity contribution in [3.05, 3.63) is 12.2 Å². The fraction of sp³-hybridized carbons (Fsp3) is 0.667. The first-order valence-electron chi connectivity index (χ1n) is 4.35. The Labute approximate surface area is 77.4 Å². The van der Waals surface area contributed by atoms with Gasteiger partial charge >= 0.3 is 5.97 Å². The van der Waals surface area contributed by atoms with Gasteiger partial charge in [0.2, 0.25) is 0 Å². The van der Waals surface area contributed by atoms with Gasteiger partial charge in [0.25, 0.3) is 0 Å². The molecule has 74 valence electrons. The van der Waals surface area contributed by atoms with Crippen LogP contribution in [0.3, 0.4) is 0 Å². The molecule has 13 heavy (non-hydrogen) atoms. The molecule has 0 bridgehead atoms. The van der Waals surface area contributed by atoms with E-state index in [1.54, 1.807) is 12.2 Å². The Hall–Kier alpha value is -0.870. The molecule has 0 saturated carbocycles. The Bertz CT molecular complexity index is 213. The Balaban J connectivity index is 2.52. The maximum Gasteiger partial charge on any atom is 0.312 e. The monoisotopic (exact) mass is 185 g/mol. The molecule has 0 radical (unpaired) electrons. The van der Waals surface area contributed by atoms with Gasteiger partial charge in [-0.05, 0) is 12.8 Å². The Kier molecular flexibility index (Phi) is 3.45. The minimum atomic E-state index is -0.824. The molecule has 1 aliphatic rings. The highest BCUT2D eigenvalue weighted by Crippen LogP contribution is 2.23. The third-order valence-corrected chi connectivity index (χ3v) is 2.34. The predicted octanol–water partition coefficient (Wildman–Crippen LogP) is 0.0189. The van der Waals surface area contributed by atoms with Crippen LogP contribution >= 0.6 is 0 Å². The summed E-state index contributed by atoms with van der Waals surface area (Å²) in [6.07, 6.45) is 4.15. The van der Waals surface area contributed by atoms with E-state index in [0.29, 0.717) is 6.42 Å². The summed E-state index contributed by atoms with van der Waals surface area (Å²) in [5, 5.41) is 9.07. The minimum Gasteiger partial charge on any atom is -0.469 e. The van der Waals surface area contributed by atoms with E-state index in [1.807, 2.05) is 0 Å². The number of hydrogen-bond donors (Lipinski definition) is 2. The van der Waals surface area contributed by atoms with Gasteiger partial charge in [-0.25, -0.2) is 0 Å². The average Bonchev–Trinajstić information content (AvgIpc) is 2.17. The second-order valence-corrected chi connectivity index (χ2v) is 3.25. The van der Waals surface area contributed by atoms with Gasteiger partial charge in [0, 0.05) is 5.92 Å². The minimum absolute atomic E-state index is 0.0269. The van der Waals surface area contributed by atoms with Gasteiger partial charge in [-0.3, -0.25) is 4.79 Å². The molecule has 0 aromatic heterocycles. The van der Waals surface area contributed by atoms with Gasteiger partial charge < -0.3 is 15.6 Å². The van der Waals surface area contributed by atoms with Crippen LogP contribution in [0.1, 0.15) is 12.8 Å². The molecule has 4 heteroatoms. The van der Waals surface area contributed by atoms with Crippen LogP contribution in [0.4, 0.5) is 0 Å². The number of ether oxygens (including phenoxy) is 1. The number of methoxy groups -OCH3 is 1. The largest absolute Gasteiger partial charge is 0.469 e. The van der Waals surface area contributed by atoms with E-state index in [9.17, 15) is 4.79 Å². The van der Waals surface area contributed by atoms with Crippen molar-refractivity contribution >= 4 is 5.97 Å². The van der Waals surface area contributed by atoms with E-state index in [4.69, 9.17) is 10.8 Å². The van der Waals surface area contributed by atoms with Crippen LogP contribution in [0.15, 0.2) is 12.2 Å². The van der Waals surface area contributed by atoms with E-state index in [-0.39, 0.29) is 17.8 Å². The molecule has 0 spiro atoms. The maximum absolute atomic E-state index is 11.1. The summed E-state index contributed by atoms with van der Waals surface area (Å²) in [6.45, 7) is 0. The molecular weight excluding hydrogens is 170 g/mol. The molecule has 0 heterocycles. The average molecular weight is 185 g/mol. The second-order valence-electron chi connectivity index (χ2n) is 3.25. The lowest BCUT2D eigenvalue weighted by atomic mass is 9.88. The molecule has 0 aliphatic heterocycles. The van der Waals surface area contributed by atoms with Gasteiger partial charge in [0.15, 0.2) is 0 Å². The topological polar surface area (TPSA) is 72.5 Å². The Morgan fingerprint density at radius 2 is 2.31 bits per heavy atom. The molecule has 1 aliphatic carbocycles. The van der Waals surface area contributed by atoms with Gasteiger partial charge in [-0.15, -0.1) is 0 Å². The van der Waals surface area contributed by atoms with E-state index in [0.717, 1.165) is 6.42 Å². The highest BCUT2D eigenvalue weighted by molar-refractivity contribution is 5.74. The third kappa shape index (κ3) is 2.54. The summed E-state index contributed by atoms with van der Waals surface area (Å²) in [6, 6.07) is 0. The van der Waals surface area contributed by atoms with Crippen molar-refractivity contribution in [3.63, 3.8) is 0 Å². The number of carbonyl (C=O) groups is 1. The fourth-order valence-electron chi connectivity index (χ4n) is 1.47. The van der Waals surface area contributed by atoms with Crippen molar-refractivity contribution < 1.29 is 14.6 Å². The lowest BCUT2D eigenvalue weighted by Gasteiger charge is -2.22. The summed E-state index contributed by atoms with van der Waals surface area (Å²) >= 11 is 0. The molecule has 0 aromatic rings. The number of rotatable bonds is 2. The summed E-state index contributed by atoms with van der Waals surface area (Å²) in [5.41, 5.74) is 5.31. The van der Waals surface area contributed by atoms with Gasteiger partial charge in [0.05, 0.1) is 13.0 Å². The highest BCUT2D eigenvalue weighted by Gasteiger charge is 2.24. The van der Waals surface area contributed by atoms with E-state index < -0.39 is 6.23 Å². The predicted molar refractivity (Wildman–Crippen MR) is 47.6 cm³/mol.